The number of aliphatic hydroxyl groups excluding tert-OH is 1. The molecule has 5 nitrogen and oxygen atoms in total. The third-order valence-corrected chi connectivity index (χ3v) is 7.16. The predicted octanol–water partition coefficient (Wildman–Crippen LogP) is 5.75. The van der Waals surface area contributed by atoms with Gasteiger partial charge in [0.25, 0.3) is 0 Å². The van der Waals surface area contributed by atoms with E-state index in [9.17, 15) is 9.90 Å². The van der Waals surface area contributed by atoms with Gasteiger partial charge in [-0.15, -0.1) is 0 Å². The number of nitrogens with zero attached hydrogens (tertiary/aromatic N) is 1. The second kappa shape index (κ2) is 9.90. The van der Waals surface area contributed by atoms with Crippen molar-refractivity contribution in [3.05, 3.63) is 89.5 Å². The van der Waals surface area contributed by atoms with Crippen LogP contribution in [0.1, 0.15) is 48.3 Å². The molecular formula is C29H31NO4. The van der Waals surface area contributed by atoms with Crippen LogP contribution in [-0.2, 0) is 11.3 Å². The Kier molecular flexibility index (Phi) is 6.54. The van der Waals surface area contributed by atoms with Crippen LogP contribution in [0.3, 0.4) is 0 Å². The van der Waals surface area contributed by atoms with Gasteiger partial charge in [-0.1, -0.05) is 60.7 Å². The summed E-state index contributed by atoms with van der Waals surface area (Å²) in [5.41, 5.74) is 5.84. The molecule has 0 radical (unpaired) electrons. The van der Waals surface area contributed by atoms with Gasteiger partial charge in [0.2, 0.25) is 0 Å². The van der Waals surface area contributed by atoms with E-state index in [-0.39, 0.29) is 24.2 Å². The highest BCUT2D eigenvalue weighted by Crippen LogP contribution is 2.44. The van der Waals surface area contributed by atoms with Crippen molar-refractivity contribution in [2.75, 3.05) is 13.7 Å². The summed E-state index contributed by atoms with van der Waals surface area (Å²) in [6, 6.07) is 24.6. The van der Waals surface area contributed by atoms with E-state index < -0.39 is 0 Å². The zero-order valence-electron chi connectivity index (χ0n) is 19.5. The molecule has 2 aliphatic rings. The Morgan fingerprint density at radius 1 is 0.912 bits per heavy atom. The van der Waals surface area contributed by atoms with Crippen molar-refractivity contribution in [2.24, 2.45) is 0 Å². The summed E-state index contributed by atoms with van der Waals surface area (Å²) in [5.74, 6) is 0.798. The molecule has 1 N–H and O–H groups in total. The molecule has 0 unspecified atom stereocenters. The van der Waals surface area contributed by atoms with Gasteiger partial charge in [-0.3, -0.25) is 0 Å². The summed E-state index contributed by atoms with van der Waals surface area (Å²) in [7, 11) is 1.64. The zero-order chi connectivity index (χ0) is 23.5. The minimum absolute atomic E-state index is 0.0307. The molecule has 176 valence electrons. The average Bonchev–Trinajstić information content (AvgIpc) is 3.20. The summed E-state index contributed by atoms with van der Waals surface area (Å²) >= 11 is 0. The van der Waals surface area contributed by atoms with Crippen molar-refractivity contribution in [2.45, 2.75) is 50.3 Å². The molecule has 34 heavy (non-hydrogen) atoms. The van der Waals surface area contributed by atoms with Gasteiger partial charge >= 0.3 is 6.09 Å². The minimum Gasteiger partial charge on any atom is -0.497 e. The van der Waals surface area contributed by atoms with Gasteiger partial charge in [0.1, 0.15) is 12.4 Å². The summed E-state index contributed by atoms with van der Waals surface area (Å²) in [5, 5.41) is 9.99. The fourth-order valence-electron chi connectivity index (χ4n) is 5.36. The molecule has 1 fully saturated rings. The van der Waals surface area contributed by atoms with Crippen molar-refractivity contribution >= 4 is 6.09 Å². The summed E-state index contributed by atoms with van der Waals surface area (Å²) < 4.78 is 11.4. The maximum absolute atomic E-state index is 13.5. The Labute approximate surface area is 200 Å². The summed E-state index contributed by atoms with van der Waals surface area (Å²) in [4.78, 5) is 15.3. The molecule has 0 bridgehead atoms. The number of amides is 1. The Bertz CT molecular complexity index is 1110. The van der Waals surface area contributed by atoms with Gasteiger partial charge in [0.05, 0.1) is 13.2 Å². The molecule has 0 heterocycles. The lowest BCUT2D eigenvalue weighted by atomic mass is 9.92. The lowest BCUT2D eigenvalue weighted by Crippen LogP contribution is -2.43. The van der Waals surface area contributed by atoms with Crippen molar-refractivity contribution < 1.29 is 19.4 Å². The minimum atomic E-state index is -0.300. The van der Waals surface area contributed by atoms with Crippen LogP contribution in [-0.4, -0.2) is 42.0 Å². The van der Waals surface area contributed by atoms with Crippen LogP contribution in [0.4, 0.5) is 4.79 Å². The first kappa shape index (κ1) is 22.5. The van der Waals surface area contributed by atoms with Crippen LogP contribution in [0.5, 0.6) is 5.75 Å². The number of aliphatic hydroxyl groups is 1. The predicted molar refractivity (Wildman–Crippen MR) is 132 cm³/mol. The average molecular weight is 458 g/mol. The number of ether oxygens (including phenoxy) is 2. The first-order valence-electron chi connectivity index (χ1n) is 12.1. The standard InChI is InChI=1S/C29H31NO4/c1-33-23-8-6-7-20(17-23)18-30(21-13-15-22(31)16-14-21)29(32)34-19-28-26-11-4-2-9-24(26)25-10-3-5-12-27(25)28/h2-12,17,21-22,28,31H,13-16,18-19H2,1H3. The number of benzene rings is 3. The summed E-state index contributed by atoms with van der Waals surface area (Å²) in [6.07, 6.45) is 2.37. The molecule has 3 aromatic carbocycles. The van der Waals surface area contributed by atoms with Crippen LogP contribution in [0.15, 0.2) is 72.8 Å². The Morgan fingerprint density at radius 2 is 1.56 bits per heavy atom. The van der Waals surface area contributed by atoms with E-state index in [1.165, 1.54) is 22.3 Å². The lowest BCUT2D eigenvalue weighted by molar-refractivity contribution is 0.0482. The van der Waals surface area contributed by atoms with Crippen molar-refractivity contribution in [3.8, 4) is 16.9 Å². The number of hydrogen-bond donors (Lipinski definition) is 1. The molecule has 5 rings (SSSR count). The molecule has 3 aromatic rings. The van der Waals surface area contributed by atoms with Gasteiger partial charge in [0, 0.05) is 18.5 Å². The first-order chi connectivity index (χ1) is 16.6. The molecule has 0 saturated heterocycles. The zero-order valence-corrected chi connectivity index (χ0v) is 19.5. The highest BCUT2D eigenvalue weighted by atomic mass is 16.6. The Balaban J connectivity index is 1.35. The number of fused-ring (bicyclic) bond motifs is 3. The molecular weight excluding hydrogens is 426 g/mol. The molecule has 1 saturated carbocycles. The van der Waals surface area contributed by atoms with E-state index in [4.69, 9.17) is 9.47 Å². The van der Waals surface area contributed by atoms with Gasteiger partial charge in [-0.25, -0.2) is 4.79 Å². The van der Waals surface area contributed by atoms with E-state index in [0.717, 1.165) is 24.2 Å². The van der Waals surface area contributed by atoms with E-state index in [0.29, 0.717) is 26.0 Å². The quantitative estimate of drug-likeness (QED) is 0.512. The van der Waals surface area contributed by atoms with E-state index in [2.05, 4.69) is 36.4 Å². The van der Waals surface area contributed by atoms with Crippen molar-refractivity contribution in [1.29, 1.82) is 0 Å². The third-order valence-electron chi connectivity index (χ3n) is 7.16. The second-order valence-corrected chi connectivity index (χ2v) is 9.25. The lowest BCUT2D eigenvalue weighted by Gasteiger charge is -2.35. The largest absolute Gasteiger partial charge is 0.497 e. The maximum Gasteiger partial charge on any atom is 0.410 e. The van der Waals surface area contributed by atoms with Crippen LogP contribution in [0, 0.1) is 0 Å². The SMILES string of the molecule is COc1cccc(CN(C(=O)OCC2c3ccccc3-c3ccccc32)C2CCC(O)CC2)c1. The highest BCUT2D eigenvalue weighted by Gasteiger charge is 2.32. The first-order valence-corrected chi connectivity index (χ1v) is 12.1. The Hall–Kier alpha value is -3.31. The number of rotatable bonds is 6. The smallest absolute Gasteiger partial charge is 0.410 e. The molecule has 5 heteroatoms. The number of carbonyl (C=O) groups is 1. The van der Waals surface area contributed by atoms with Crippen LogP contribution in [0.25, 0.3) is 11.1 Å². The topological polar surface area (TPSA) is 59.0 Å². The normalized spacial score (nSPS) is 19.2. The number of carbonyl (C=O) groups excluding carboxylic acids is 1. The monoisotopic (exact) mass is 457 g/mol. The summed E-state index contributed by atoms with van der Waals surface area (Å²) in [6.45, 7) is 0.755. The maximum atomic E-state index is 13.5. The van der Waals surface area contributed by atoms with E-state index >= 15 is 0 Å². The fourth-order valence-corrected chi connectivity index (χ4v) is 5.36. The van der Waals surface area contributed by atoms with Gasteiger partial charge in [-0.05, 0) is 65.6 Å². The Morgan fingerprint density at radius 3 is 2.21 bits per heavy atom. The van der Waals surface area contributed by atoms with E-state index in [1.54, 1.807) is 7.11 Å². The number of methoxy groups -OCH3 is 1. The molecule has 0 aromatic heterocycles. The van der Waals surface area contributed by atoms with Gasteiger partial charge in [0.15, 0.2) is 0 Å². The highest BCUT2D eigenvalue weighted by molar-refractivity contribution is 5.79. The molecule has 1 amide bonds. The second-order valence-electron chi connectivity index (χ2n) is 9.25. The van der Waals surface area contributed by atoms with Gasteiger partial charge in [-0.2, -0.15) is 0 Å². The molecule has 2 aliphatic carbocycles. The van der Waals surface area contributed by atoms with Crippen LogP contribution < -0.4 is 4.74 Å². The molecule has 0 atom stereocenters. The molecule has 0 spiro atoms. The van der Waals surface area contributed by atoms with Gasteiger partial charge < -0.3 is 19.5 Å². The van der Waals surface area contributed by atoms with Crippen LogP contribution in [0.2, 0.25) is 0 Å². The third kappa shape index (κ3) is 4.53. The molecule has 0 aliphatic heterocycles. The number of hydrogen-bond acceptors (Lipinski definition) is 4. The fraction of sp³-hybridized carbons (Fsp3) is 0.345. The van der Waals surface area contributed by atoms with Crippen LogP contribution >= 0.6 is 0 Å². The van der Waals surface area contributed by atoms with Crippen molar-refractivity contribution in [1.82, 2.24) is 4.90 Å². The van der Waals surface area contributed by atoms with Crippen molar-refractivity contribution in [3.63, 3.8) is 0 Å². The van der Waals surface area contributed by atoms with E-state index in [1.807, 2.05) is 41.3 Å².